The molecule has 1 fully saturated rings. The van der Waals surface area contributed by atoms with E-state index in [-0.39, 0.29) is 17.4 Å². The summed E-state index contributed by atoms with van der Waals surface area (Å²) >= 11 is 0. The van der Waals surface area contributed by atoms with Crippen LogP contribution in [0.5, 0.6) is 0 Å². The molecule has 4 rings (SSSR count). The number of carbonyl (C=O) groups is 1. The number of anilines is 1. The number of Topliss-reactive ketones (excluding diaryl/α,β-unsaturated/α-hetero) is 1. The standard InChI is InChI=1S/C15H16N4O3/c20-11-4-3-9-10(11)7-16-13-12(9)14(21)19-15(18-13)17-6-8-2-1-5-22-8/h7-8H,1-6H2,(H2,16,17,18,19,21). The Morgan fingerprint density at radius 2 is 2.27 bits per heavy atom. The van der Waals surface area contributed by atoms with Gasteiger partial charge in [-0.3, -0.25) is 14.6 Å². The maximum absolute atomic E-state index is 12.3. The van der Waals surface area contributed by atoms with Crippen molar-refractivity contribution in [2.24, 2.45) is 0 Å². The summed E-state index contributed by atoms with van der Waals surface area (Å²) in [6, 6.07) is 0. The average Bonchev–Trinajstić information content (AvgIpc) is 3.15. The molecule has 1 unspecified atom stereocenters. The number of aromatic nitrogens is 3. The third kappa shape index (κ3) is 2.18. The summed E-state index contributed by atoms with van der Waals surface area (Å²) in [6.07, 6.45) is 4.79. The number of ketones is 1. The van der Waals surface area contributed by atoms with E-state index in [1.165, 1.54) is 6.20 Å². The molecule has 0 saturated carbocycles. The molecule has 7 nitrogen and oxygen atoms in total. The number of hydrogen-bond donors (Lipinski definition) is 2. The fourth-order valence-corrected chi connectivity index (χ4v) is 3.14. The first-order valence-corrected chi connectivity index (χ1v) is 7.53. The second-order valence-corrected chi connectivity index (χ2v) is 5.70. The fraction of sp³-hybridized carbons (Fsp3) is 0.467. The van der Waals surface area contributed by atoms with Crippen molar-refractivity contribution in [3.05, 3.63) is 27.7 Å². The van der Waals surface area contributed by atoms with Crippen LogP contribution in [-0.4, -0.2) is 40.0 Å². The van der Waals surface area contributed by atoms with E-state index >= 15 is 0 Å². The number of hydrogen-bond acceptors (Lipinski definition) is 6. The summed E-state index contributed by atoms with van der Waals surface area (Å²) in [5.41, 5.74) is 1.46. The van der Waals surface area contributed by atoms with E-state index < -0.39 is 0 Å². The highest BCUT2D eigenvalue weighted by molar-refractivity contribution is 6.04. The van der Waals surface area contributed by atoms with Gasteiger partial charge in [0.25, 0.3) is 5.56 Å². The highest BCUT2D eigenvalue weighted by Gasteiger charge is 2.24. The van der Waals surface area contributed by atoms with Gasteiger partial charge in [-0.2, -0.15) is 4.98 Å². The smallest absolute Gasteiger partial charge is 0.262 e. The Morgan fingerprint density at radius 3 is 3.09 bits per heavy atom. The zero-order valence-corrected chi connectivity index (χ0v) is 12.0. The molecule has 0 radical (unpaired) electrons. The molecule has 1 aliphatic heterocycles. The van der Waals surface area contributed by atoms with Crippen molar-refractivity contribution in [1.29, 1.82) is 0 Å². The van der Waals surface area contributed by atoms with Gasteiger partial charge < -0.3 is 10.1 Å². The molecule has 2 aromatic rings. The second-order valence-electron chi connectivity index (χ2n) is 5.70. The Morgan fingerprint density at radius 1 is 1.36 bits per heavy atom. The summed E-state index contributed by atoms with van der Waals surface area (Å²) < 4.78 is 5.53. The number of H-pyrrole nitrogens is 1. The minimum absolute atomic E-state index is 0.0457. The van der Waals surface area contributed by atoms with Crippen molar-refractivity contribution in [1.82, 2.24) is 15.0 Å². The van der Waals surface area contributed by atoms with E-state index in [1.54, 1.807) is 0 Å². The molecule has 0 bridgehead atoms. The van der Waals surface area contributed by atoms with E-state index in [0.29, 0.717) is 41.9 Å². The molecule has 2 aromatic heterocycles. The van der Waals surface area contributed by atoms with Gasteiger partial charge in [-0.05, 0) is 24.8 Å². The molecule has 3 heterocycles. The fourth-order valence-electron chi connectivity index (χ4n) is 3.14. The molecule has 22 heavy (non-hydrogen) atoms. The zero-order chi connectivity index (χ0) is 15.1. The van der Waals surface area contributed by atoms with Gasteiger partial charge in [0.1, 0.15) is 0 Å². The van der Waals surface area contributed by atoms with E-state index in [0.717, 1.165) is 25.0 Å². The predicted molar refractivity (Wildman–Crippen MR) is 80.3 cm³/mol. The van der Waals surface area contributed by atoms with E-state index in [9.17, 15) is 9.59 Å². The lowest BCUT2D eigenvalue weighted by molar-refractivity contribution is 0.0994. The quantitative estimate of drug-likeness (QED) is 0.879. The molecular formula is C15H16N4O3. The van der Waals surface area contributed by atoms with Crippen LogP contribution in [0.1, 0.15) is 35.2 Å². The Balaban J connectivity index is 1.68. The van der Waals surface area contributed by atoms with Crippen LogP contribution in [0.3, 0.4) is 0 Å². The summed E-state index contributed by atoms with van der Waals surface area (Å²) in [5.74, 6) is 0.439. The Labute approximate surface area is 126 Å². The van der Waals surface area contributed by atoms with Crippen LogP contribution >= 0.6 is 0 Å². The van der Waals surface area contributed by atoms with Crippen LogP contribution < -0.4 is 10.9 Å². The molecule has 114 valence electrons. The third-order valence-electron chi connectivity index (χ3n) is 4.27. The molecule has 0 amide bonds. The largest absolute Gasteiger partial charge is 0.376 e. The maximum Gasteiger partial charge on any atom is 0.262 e. The van der Waals surface area contributed by atoms with Crippen molar-refractivity contribution in [3.8, 4) is 0 Å². The average molecular weight is 300 g/mol. The van der Waals surface area contributed by atoms with Crippen LogP contribution in [0.2, 0.25) is 0 Å². The topological polar surface area (TPSA) is 97.0 Å². The van der Waals surface area contributed by atoms with Gasteiger partial charge in [0.05, 0.1) is 11.5 Å². The lowest BCUT2D eigenvalue weighted by atomic mass is 10.1. The third-order valence-corrected chi connectivity index (χ3v) is 4.27. The molecule has 1 saturated heterocycles. The van der Waals surface area contributed by atoms with E-state index in [4.69, 9.17) is 4.74 Å². The van der Waals surface area contributed by atoms with Crippen molar-refractivity contribution in [2.45, 2.75) is 31.8 Å². The molecule has 1 atom stereocenters. The number of fused-ring (bicyclic) bond motifs is 3. The van der Waals surface area contributed by atoms with Crippen molar-refractivity contribution < 1.29 is 9.53 Å². The monoisotopic (exact) mass is 300 g/mol. The van der Waals surface area contributed by atoms with Crippen molar-refractivity contribution in [2.75, 3.05) is 18.5 Å². The van der Waals surface area contributed by atoms with E-state index in [2.05, 4.69) is 20.3 Å². The van der Waals surface area contributed by atoms with Crippen LogP contribution in [0.15, 0.2) is 11.0 Å². The van der Waals surface area contributed by atoms with Crippen LogP contribution in [0, 0.1) is 0 Å². The first kappa shape index (κ1) is 13.4. The summed E-state index contributed by atoms with van der Waals surface area (Å²) in [6.45, 7) is 1.40. The maximum atomic E-state index is 12.3. The van der Waals surface area contributed by atoms with Crippen LogP contribution in [0.4, 0.5) is 5.95 Å². The van der Waals surface area contributed by atoms with Gasteiger partial charge in [0.2, 0.25) is 5.95 Å². The van der Waals surface area contributed by atoms with Crippen molar-refractivity contribution >= 4 is 22.8 Å². The van der Waals surface area contributed by atoms with E-state index in [1.807, 2.05) is 0 Å². The number of nitrogens with zero attached hydrogens (tertiary/aromatic N) is 2. The molecule has 1 aliphatic carbocycles. The van der Waals surface area contributed by atoms with Crippen molar-refractivity contribution in [3.63, 3.8) is 0 Å². The predicted octanol–water partition coefficient (Wildman–Crippen LogP) is 1.04. The number of ether oxygens (including phenoxy) is 1. The lowest BCUT2D eigenvalue weighted by Crippen LogP contribution is -2.22. The highest BCUT2D eigenvalue weighted by atomic mass is 16.5. The number of carbonyl (C=O) groups excluding carboxylic acids is 1. The van der Waals surface area contributed by atoms with Crippen LogP contribution in [0.25, 0.3) is 11.0 Å². The Hall–Kier alpha value is -2.28. The van der Waals surface area contributed by atoms with Gasteiger partial charge in [0, 0.05) is 31.3 Å². The minimum Gasteiger partial charge on any atom is -0.376 e. The number of pyridine rings is 1. The number of nitrogens with one attached hydrogen (secondary N) is 2. The zero-order valence-electron chi connectivity index (χ0n) is 12.0. The normalized spacial score (nSPS) is 20.5. The molecular weight excluding hydrogens is 284 g/mol. The summed E-state index contributed by atoms with van der Waals surface area (Å²) in [7, 11) is 0. The number of aryl methyl sites for hydroxylation is 1. The number of rotatable bonds is 3. The first-order chi connectivity index (χ1) is 10.7. The molecule has 2 N–H and O–H groups in total. The molecule has 0 spiro atoms. The Bertz CT molecular complexity index is 808. The second kappa shape index (κ2) is 5.17. The van der Waals surface area contributed by atoms with Crippen LogP contribution in [-0.2, 0) is 11.2 Å². The Kier molecular flexibility index (Phi) is 3.15. The lowest BCUT2D eigenvalue weighted by Gasteiger charge is -2.11. The van der Waals surface area contributed by atoms with Gasteiger partial charge in [-0.25, -0.2) is 4.98 Å². The SMILES string of the molecule is O=C1CCc2c1cnc1nc(NCC3CCCO3)[nH]c(=O)c21. The summed E-state index contributed by atoms with van der Waals surface area (Å²) in [4.78, 5) is 35.4. The minimum atomic E-state index is -0.251. The first-order valence-electron chi connectivity index (χ1n) is 7.53. The van der Waals surface area contributed by atoms with Gasteiger partial charge in [-0.1, -0.05) is 0 Å². The number of aromatic amines is 1. The highest BCUT2D eigenvalue weighted by Crippen LogP contribution is 2.25. The summed E-state index contributed by atoms with van der Waals surface area (Å²) in [5, 5.41) is 3.53. The van der Waals surface area contributed by atoms with Gasteiger partial charge in [-0.15, -0.1) is 0 Å². The molecule has 7 heteroatoms. The molecule has 0 aromatic carbocycles. The molecule has 2 aliphatic rings. The van der Waals surface area contributed by atoms with Gasteiger partial charge >= 0.3 is 0 Å². The van der Waals surface area contributed by atoms with Gasteiger partial charge in [0.15, 0.2) is 11.4 Å².